The zero-order valence-electron chi connectivity index (χ0n) is 13.1. The highest BCUT2D eigenvalue weighted by atomic mass is 16.5. The number of ether oxygens (including phenoxy) is 2. The van der Waals surface area contributed by atoms with E-state index in [0.29, 0.717) is 26.2 Å². The van der Waals surface area contributed by atoms with Gasteiger partial charge in [0.1, 0.15) is 0 Å². The van der Waals surface area contributed by atoms with Gasteiger partial charge in [0.05, 0.1) is 25.9 Å². The number of benzene rings is 1. The predicted molar refractivity (Wildman–Crippen MR) is 84.1 cm³/mol. The Labute approximate surface area is 126 Å². The van der Waals surface area contributed by atoms with Crippen LogP contribution >= 0.6 is 0 Å². The van der Waals surface area contributed by atoms with Gasteiger partial charge in [0.15, 0.2) is 0 Å². The molecule has 0 aromatic heterocycles. The number of hydrogen-bond acceptors (Lipinski definition) is 4. The Kier molecular flexibility index (Phi) is 7.97. The number of amides is 1. The van der Waals surface area contributed by atoms with Crippen molar-refractivity contribution in [1.29, 1.82) is 0 Å². The van der Waals surface area contributed by atoms with Gasteiger partial charge < -0.3 is 20.5 Å². The second-order valence-corrected chi connectivity index (χ2v) is 5.40. The number of rotatable bonds is 9. The van der Waals surface area contributed by atoms with Crippen LogP contribution in [0.25, 0.3) is 0 Å². The minimum absolute atomic E-state index is 0.0756. The lowest BCUT2D eigenvalue weighted by molar-refractivity contribution is -0.116. The first-order valence-corrected chi connectivity index (χ1v) is 7.31. The minimum atomic E-state index is -0.141. The van der Waals surface area contributed by atoms with E-state index >= 15 is 0 Å². The third-order valence-corrected chi connectivity index (χ3v) is 2.67. The summed E-state index contributed by atoms with van der Waals surface area (Å²) in [5.74, 6) is -0.0756. The van der Waals surface area contributed by atoms with E-state index in [9.17, 15) is 4.79 Å². The van der Waals surface area contributed by atoms with Gasteiger partial charge in [-0.2, -0.15) is 0 Å². The van der Waals surface area contributed by atoms with Gasteiger partial charge in [0.2, 0.25) is 5.91 Å². The smallest absolute Gasteiger partial charge is 0.225 e. The monoisotopic (exact) mass is 294 g/mol. The summed E-state index contributed by atoms with van der Waals surface area (Å²) in [6, 6.07) is 7.47. The van der Waals surface area contributed by atoms with Crippen LogP contribution in [0.2, 0.25) is 0 Å². The van der Waals surface area contributed by atoms with Crippen LogP contribution in [0.5, 0.6) is 0 Å². The predicted octanol–water partition coefficient (Wildman–Crippen LogP) is 2.30. The quantitative estimate of drug-likeness (QED) is 0.685. The highest BCUT2D eigenvalue weighted by molar-refractivity contribution is 5.91. The van der Waals surface area contributed by atoms with E-state index in [4.69, 9.17) is 15.2 Å². The van der Waals surface area contributed by atoms with E-state index in [0.717, 1.165) is 11.3 Å². The van der Waals surface area contributed by atoms with Gasteiger partial charge in [-0.05, 0) is 38.5 Å². The van der Waals surface area contributed by atoms with E-state index in [1.54, 1.807) is 0 Å². The number of carbonyl (C=O) groups is 1. The Morgan fingerprint density at radius 2 is 2.05 bits per heavy atom. The van der Waals surface area contributed by atoms with Crippen molar-refractivity contribution in [3.8, 4) is 0 Å². The van der Waals surface area contributed by atoms with Crippen LogP contribution in [0.3, 0.4) is 0 Å². The summed E-state index contributed by atoms with van der Waals surface area (Å²) in [5.41, 5.74) is 7.38. The minimum Gasteiger partial charge on any atom is -0.376 e. The molecule has 1 aromatic carbocycles. The van der Waals surface area contributed by atoms with Crippen LogP contribution in [0.4, 0.5) is 5.69 Å². The molecule has 0 aliphatic heterocycles. The molecule has 0 heterocycles. The molecule has 1 atom stereocenters. The first-order valence-electron chi connectivity index (χ1n) is 7.31. The molecule has 0 spiro atoms. The molecule has 0 fully saturated rings. The Bertz CT molecular complexity index is 433. The number of nitrogens with two attached hydrogens (primary N) is 1. The first kappa shape index (κ1) is 17.6. The summed E-state index contributed by atoms with van der Waals surface area (Å²) in [6.07, 6.45) is 0.532. The molecule has 1 unspecified atom stereocenters. The van der Waals surface area contributed by atoms with Gasteiger partial charge in [-0.3, -0.25) is 4.79 Å². The zero-order valence-corrected chi connectivity index (χ0v) is 13.1. The van der Waals surface area contributed by atoms with Crippen molar-refractivity contribution in [3.63, 3.8) is 0 Å². The molecule has 1 amide bonds. The molecule has 0 radical (unpaired) electrons. The van der Waals surface area contributed by atoms with Gasteiger partial charge >= 0.3 is 0 Å². The SMILES string of the molecule is CC(N)CC(=O)Nc1cccc(COCCOC(C)C)c1. The third kappa shape index (κ3) is 8.45. The fourth-order valence-corrected chi connectivity index (χ4v) is 1.78. The van der Waals surface area contributed by atoms with Crippen LogP contribution in [0.1, 0.15) is 32.8 Å². The van der Waals surface area contributed by atoms with E-state index in [-0.39, 0.29) is 18.1 Å². The van der Waals surface area contributed by atoms with E-state index in [2.05, 4.69) is 5.32 Å². The number of anilines is 1. The summed E-state index contributed by atoms with van der Waals surface area (Å²) in [5, 5.41) is 2.83. The Hall–Kier alpha value is -1.43. The van der Waals surface area contributed by atoms with E-state index in [1.165, 1.54) is 0 Å². The van der Waals surface area contributed by atoms with Crippen molar-refractivity contribution < 1.29 is 14.3 Å². The number of nitrogens with one attached hydrogen (secondary N) is 1. The lowest BCUT2D eigenvalue weighted by atomic mass is 10.2. The van der Waals surface area contributed by atoms with Crippen molar-refractivity contribution in [2.24, 2.45) is 5.73 Å². The molecule has 0 bridgehead atoms. The Balaban J connectivity index is 2.36. The van der Waals surface area contributed by atoms with Crippen molar-refractivity contribution in [1.82, 2.24) is 0 Å². The van der Waals surface area contributed by atoms with Gasteiger partial charge in [-0.25, -0.2) is 0 Å². The number of carbonyl (C=O) groups excluding carboxylic acids is 1. The average Bonchev–Trinajstić information content (AvgIpc) is 2.37. The normalized spacial score (nSPS) is 12.4. The maximum absolute atomic E-state index is 11.7. The highest BCUT2D eigenvalue weighted by Gasteiger charge is 2.05. The standard InChI is InChI=1S/C16H26N2O3/c1-12(2)21-8-7-20-11-14-5-4-6-15(10-14)18-16(19)9-13(3)17/h4-6,10,12-13H,7-9,11,17H2,1-3H3,(H,18,19). The third-order valence-electron chi connectivity index (χ3n) is 2.67. The van der Waals surface area contributed by atoms with Gasteiger partial charge in [-0.15, -0.1) is 0 Å². The van der Waals surface area contributed by atoms with Gasteiger partial charge in [0, 0.05) is 18.2 Å². The summed E-state index contributed by atoms with van der Waals surface area (Å²) in [7, 11) is 0. The molecular weight excluding hydrogens is 268 g/mol. The summed E-state index contributed by atoms with van der Waals surface area (Å²) in [6.45, 7) is 7.44. The molecule has 1 rings (SSSR count). The van der Waals surface area contributed by atoms with Crippen LogP contribution in [0, 0.1) is 0 Å². The highest BCUT2D eigenvalue weighted by Crippen LogP contribution is 2.12. The fourth-order valence-electron chi connectivity index (χ4n) is 1.78. The fraction of sp³-hybridized carbons (Fsp3) is 0.562. The molecular formula is C16H26N2O3. The van der Waals surface area contributed by atoms with Crippen molar-refractivity contribution in [2.75, 3.05) is 18.5 Å². The van der Waals surface area contributed by atoms with E-state index < -0.39 is 0 Å². The molecule has 1 aromatic rings. The maximum atomic E-state index is 11.7. The van der Waals surface area contributed by atoms with E-state index in [1.807, 2.05) is 45.0 Å². The molecule has 0 saturated carbocycles. The van der Waals surface area contributed by atoms with Crippen LogP contribution < -0.4 is 11.1 Å². The molecule has 0 aliphatic carbocycles. The second-order valence-electron chi connectivity index (χ2n) is 5.40. The lowest BCUT2D eigenvalue weighted by Gasteiger charge is -2.10. The maximum Gasteiger partial charge on any atom is 0.225 e. The van der Waals surface area contributed by atoms with Crippen molar-refractivity contribution in [2.45, 2.75) is 45.9 Å². The number of hydrogen-bond donors (Lipinski definition) is 2. The molecule has 21 heavy (non-hydrogen) atoms. The largest absolute Gasteiger partial charge is 0.376 e. The Morgan fingerprint density at radius 3 is 2.71 bits per heavy atom. The molecule has 5 nitrogen and oxygen atoms in total. The molecule has 0 saturated heterocycles. The average molecular weight is 294 g/mol. The van der Waals surface area contributed by atoms with Gasteiger partial charge in [-0.1, -0.05) is 12.1 Å². The topological polar surface area (TPSA) is 73.6 Å². The van der Waals surface area contributed by atoms with Crippen LogP contribution in [-0.2, 0) is 20.9 Å². The van der Waals surface area contributed by atoms with Crippen LogP contribution in [-0.4, -0.2) is 31.3 Å². The second kappa shape index (κ2) is 9.50. The van der Waals surface area contributed by atoms with Crippen LogP contribution in [0.15, 0.2) is 24.3 Å². The molecule has 0 aliphatic rings. The summed E-state index contributed by atoms with van der Waals surface area (Å²) in [4.78, 5) is 11.7. The molecule has 3 N–H and O–H groups in total. The Morgan fingerprint density at radius 1 is 1.29 bits per heavy atom. The van der Waals surface area contributed by atoms with Crippen molar-refractivity contribution in [3.05, 3.63) is 29.8 Å². The zero-order chi connectivity index (χ0) is 15.7. The molecule has 5 heteroatoms. The van der Waals surface area contributed by atoms with Gasteiger partial charge in [0.25, 0.3) is 0 Å². The van der Waals surface area contributed by atoms with Crippen molar-refractivity contribution >= 4 is 11.6 Å². The lowest BCUT2D eigenvalue weighted by Crippen LogP contribution is -2.24. The molecule has 118 valence electrons. The summed E-state index contributed by atoms with van der Waals surface area (Å²) >= 11 is 0. The summed E-state index contributed by atoms with van der Waals surface area (Å²) < 4.78 is 10.9. The first-order chi connectivity index (χ1) is 9.97.